The lowest BCUT2D eigenvalue weighted by Gasteiger charge is -2.13. The van der Waals surface area contributed by atoms with E-state index in [0.717, 1.165) is 6.07 Å². The zero-order chi connectivity index (χ0) is 14.5. The van der Waals surface area contributed by atoms with E-state index in [2.05, 4.69) is 0 Å². The smallest absolute Gasteiger partial charge is 0.174 e. The molecule has 0 amide bonds. The second kappa shape index (κ2) is 6.07. The van der Waals surface area contributed by atoms with Crippen LogP contribution in [0.5, 0.6) is 0 Å². The summed E-state index contributed by atoms with van der Waals surface area (Å²) in [7, 11) is 0. The fraction of sp³-hybridized carbons (Fsp3) is 0.125. The van der Waals surface area contributed by atoms with Gasteiger partial charge < -0.3 is 0 Å². The predicted molar refractivity (Wildman–Crippen MR) is 70.1 cm³/mol. The summed E-state index contributed by atoms with van der Waals surface area (Å²) >= 11 is 0. The van der Waals surface area contributed by atoms with Gasteiger partial charge in [-0.1, -0.05) is 36.4 Å². The first-order valence-corrected chi connectivity index (χ1v) is 6.05. The molecule has 20 heavy (non-hydrogen) atoms. The van der Waals surface area contributed by atoms with Crippen molar-refractivity contribution in [1.29, 1.82) is 5.26 Å². The quantitative estimate of drug-likeness (QED) is 0.792. The third kappa shape index (κ3) is 2.72. The van der Waals surface area contributed by atoms with E-state index in [-0.39, 0.29) is 12.0 Å². The van der Waals surface area contributed by atoms with Crippen molar-refractivity contribution in [1.82, 2.24) is 0 Å². The maximum atomic E-state index is 13.7. The molecule has 0 saturated heterocycles. The largest absolute Gasteiger partial charge is 0.293 e. The molecule has 2 nitrogen and oxygen atoms in total. The summed E-state index contributed by atoms with van der Waals surface area (Å²) < 4.78 is 26.9. The highest BCUT2D eigenvalue weighted by Crippen LogP contribution is 2.26. The minimum Gasteiger partial charge on any atom is -0.293 e. The molecular formula is C16H11F2NO. The summed E-state index contributed by atoms with van der Waals surface area (Å²) in [6.45, 7) is 0. The van der Waals surface area contributed by atoms with Gasteiger partial charge in [0.25, 0.3) is 0 Å². The van der Waals surface area contributed by atoms with E-state index in [4.69, 9.17) is 5.26 Å². The van der Waals surface area contributed by atoms with Gasteiger partial charge in [0.2, 0.25) is 0 Å². The van der Waals surface area contributed by atoms with Crippen molar-refractivity contribution in [3.63, 3.8) is 0 Å². The Morgan fingerprint density at radius 3 is 2.45 bits per heavy atom. The first-order chi connectivity index (χ1) is 9.65. The van der Waals surface area contributed by atoms with E-state index in [9.17, 15) is 13.6 Å². The summed E-state index contributed by atoms with van der Waals surface area (Å²) in [5.74, 6) is -3.62. The standard InChI is InChI=1S/C16H11F2NO/c17-14-8-4-7-13(15(14)18)16(20)12(9-10-19)11-5-2-1-3-6-11/h1-8,12H,9H2. The van der Waals surface area contributed by atoms with Gasteiger partial charge in [-0.25, -0.2) is 8.78 Å². The van der Waals surface area contributed by atoms with Crippen LogP contribution in [0.15, 0.2) is 48.5 Å². The van der Waals surface area contributed by atoms with Crippen molar-refractivity contribution in [3.8, 4) is 6.07 Å². The number of hydrogen-bond acceptors (Lipinski definition) is 2. The molecule has 0 spiro atoms. The van der Waals surface area contributed by atoms with Crippen LogP contribution in [0.25, 0.3) is 0 Å². The van der Waals surface area contributed by atoms with Gasteiger partial charge in [0.05, 0.1) is 17.6 Å². The molecule has 0 saturated carbocycles. The second-order valence-corrected chi connectivity index (χ2v) is 4.29. The number of ketones is 1. The Morgan fingerprint density at radius 2 is 1.80 bits per heavy atom. The average molecular weight is 271 g/mol. The van der Waals surface area contributed by atoms with Crippen molar-refractivity contribution < 1.29 is 13.6 Å². The molecule has 0 aliphatic rings. The lowest BCUT2D eigenvalue weighted by atomic mass is 9.88. The lowest BCUT2D eigenvalue weighted by molar-refractivity contribution is 0.0955. The van der Waals surface area contributed by atoms with Gasteiger partial charge in [-0.15, -0.1) is 0 Å². The fourth-order valence-corrected chi connectivity index (χ4v) is 2.02. The molecule has 0 fully saturated rings. The predicted octanol–water partition coefficient (Wildman–Crippen LogP) is 3.84. The normalized spacial score (nSPS) is 11.7. The molecule has 0 aliphatic carbocycles. The fourth-order valence-electron chi connectivity index (χ4n) is 2.02. The molecule has 0 aromatic heterocycles. The van der Waals surface area contributed by atoms with Crippen LogP contribution in [0, 0.1) is 23.0 Å². The first kappa shape index (κ1) is 13.9. The third-order valence-electron chi connectivity index (χ3n) is 3.03. The Morgan fingerprint density at radius 1 is 1.10 bits per heavy atom. The van der Waals surface area contributed by atoms with Crippen molar-refractivity contribution >= 4 is 5.78 Å². The van der Waals surface area contributed by atoms with Crippen molar-refractivity contribution in [3.05, 3.63) is 71.3 Å². The highest BCUT2D eigenvalue weighted by Gasteiger charge is 2.25. The van der Waals surface area contributed by atoms with Crippen LogP contribution >= 0.6 is 0 Å². The number of nitriles is 1. The van der Waals surface area contributed by atoms with Gasteiger partial charge in [0.1, 0.15) is 0 Å². The van der Waals surface area contributed by atoms with E-state index in [0.29, 0.717) is 5.56 Å². The monoisotopic (exact) mass is 271 g/mol. The molecular weight excluding hydrogens is 260 g/mol. The van der Waals surface area contributed by atoms with Crippen molar-refractivity contribution in [2.45, 2.75) is 12.3 Å². The molecule has 1 unspecified atom stereocenters. The Balaban J connectivity index is 2.43. The number of hydrogen-bond donors (Lipinski definition) is 0. The minimum absolute atomic E-state index is 0.0845. The molecule has 0 aliphatic heterocycles. The molecule has 2 aromatic rings. The topological polar surface area (TPSA) is 40.9 Å². The van der Waals surface area contributed by atoms with Crippen LogP contribution in [0.1, 0.15) is 28.3 Å². The zero-order valence-corrected chi connectivity index (χ0v) is 10.5. The minimum atomic E-state index is -1.17. The van der Waals surface area contributed by atoms with Crippen LogP contribution in [0.2, 0.25) is 0 Å². The van der Waals surface area contributed by atoms with E-state index < -0.39 is 23.3 Å². The van der Waals surface area contributed by atoms with Crippen molar-refractivity contribution in [2.75, 3.05) is 0 Å². The zero-order valence-electron chi connectivity index (χ0n) is 10.5. The highest BCUT2D eigenvalue weighted by molar-refractivity contribution is 6.01. The average Bonchev–Trinajstić information content (AvgIpc) is 2.48. The Hall–Kier alpha value is -2.54. The van der Waals surface area contributed by atoms with Crippen LogP contribution in [-0.2, 0) is 0 Å². The van der Waals surface area contributed by atoms with Crippen molar-refractivity contribution in [2.24, 2.45) is 0 Å². The molecule has 0 heterocycles. The van der Waals surface area contributed by atoms with Crippen LogP contribution in [0.3, 0.4) is 0 Å². The number of carbonyl (C=O) groups is 1. The second-order valence-electron chi connectivity index (χ2n) is 4.29. The van der Waals surface area contributed by atoms with Crippen LogP contribution in [0.4, 0.5) is 8.78 Å². The van der Waals surface area contributed by atoms with E-state index in [1.807, 2.05) is 6.07 Å². The number of nitrogens with zero attached hydrogens (tertiary/aromatic N) is 1. The Kier molecular flexibility index (Phi) is 4.21. The highest BCUT2D eigenvalue weighted by atomic mass is 19.2. The van der Waals surface area contributed by atoms with Crippen LogP contribution in [-0.4, -0.2) is 5.78 Å². The number of benzene rings is 2. The van der Waals surface area contributed by atoms with Gasteiger partial charge in [-0.05, 0) is 17.7 Å². The first-order valence-electron chi connectivity index (χ1n) is 6.05. The van der Waals surface area contributed by atoms with Gasteiger partial charge in [-0.2, -0.15) is 5.26 Å². The van der Waals surface area contributed by atoms with Gasteiger partial charge >= 0.3 is 0 Å². The van der Waals surface area contributed by atoms with Gasteiger partial charge in [-0.3, -0.25) is 4.79 Å². The lowest BCUT2D eigenvalue weighted by Crippen LogP contribution is -2.15. The molecule has 2 rings (SSSR count). The Bertz CT molecular complexity index is 662. The molecule has 2 aromatic carbocycles. The van der Waals surface area contributed by atoms with Gasteiger partial charge in [0, 0.05) is 6.42 Å². The summed E-state index contributed by atoms with van der Waals surface area (Å²) in [5.41, 5.74) is 0.289. The molecule has 0 N–H and O–H groups in total. The molecule has 4 heteroatoms. The summed E-state index contributed by atoms with van der Waals surface area (Å²) in [6, 6.07) is 14.0. The molecule has 0 radical (unpaired) electrons. The Labute approximate surface area is 115 Å². The number of Topliss-reactive ketones (excluding diaryl/α,β-unsaturated/α-hetero) is 1. The summed E-state index contributed by atoms with van der Waals surface area (Å²) in [4.78, 5) is 12.4. The van der Waals surface area contributed by atoms with E-state index >= 15 is 0 Å². The maximum absolute atomic E-state index is 13.7. The summed E-state index contributed by atoms with van der Waals surface area (Å²) in [5, 5.41) is 8.85. The SMILES string of the molecule is N#CCC(C(=O)c1cccc(F)c1F)c1ccccc1. The summed E-state index contributed by atoms with van der Waals surface area (Å²) in [6.07, 6.45) is -0.0845. The molecule has 1 atom stereocenters. The van der Waals surface area contributed by atoms with Gasteiger partial charge in [0.15, 0.2) is 17.4 Å². The van der Waals surface area contributed by atoms with Crippen LogP contribution < -0.4 is 0 Å². The molecule has 100 valence electrons. The maximum Gasteiger partial charge on any atom is 0.174 e. The molecule has 0 bridgehead atoms. The van der Waals surface area contributed by atoms with E-state index in [1.54, 1.807) is 30.3 Å². The third-order valence-corrected chi connectivity index (χ3v) is 3.03. The number of rotatable bonds is 4. The van der Waals surface area contributed by atoms with E-state index in [1.165, 1.54) is 12.1 Å². The number of halogens is 2. The number of carbonyl (C=O) groups excluding carboxylic acids is 1.